The van der Waals surface area contributed by atoms with Crippen molar-refractivity contribution in [2.24, 2.45) is 0 Å². The van der Waals surface area contributed by atoms with Gasteiger partial charge in [-0.05, 0) is 25.5 Å². The average molecular weight is 180 g/mol. The lowest BCUT2D eigenvalue weighted by Gasteiger charge is -1.89. The van der Waals surface area contributed by atoms with E-state index in [1.807, 2.05) is 19.1 Å². The van der Waals surface area contributed by atoms with Crippen molar-refractivity contribution in [2.45, 2.75) is 33.1 Å². The molecule has 0 spiro atoms. The third-order valence-corrected chi connectivity index (χ3v) is 1.60. The van der Waals surface area contributed by atoms with Gasteiger partial charge in [-0.25, -0.2) is 0 Å². The lowest BCUT2D eigenvalue weighted by Crippen LogP contribution is -1.94. The highest BCUT2D eigenvalue weighted by Crippen LogP contribution is 1.94. The second-order valence-corrected chi connectivity index (χ2v) is 2.73. The van der Waals surface area contributed by atoms with Crippen molar-refractivity contribution in [1.82, 2.24) is 0 Å². The van der Waals surface area contributed by atoms with E-state index >= 15 is 0 Å². The zero-order valence-electron chi connectivity index (χ0n) is 8.25. The molecule has 0 aromatic carbocycles. The zero-order chi connectivity index (χ0) is 10.1. The van der Waals surface area contributed by atoms with E-state index in [0.717, 1.165) is 6.42 Å². The van der Waals surface area contributed by atoms with Gasteiger partial charge >= 0.3 is 0 Å². The number of ketones is 2. The summed E-state index contributed by atoms with van der Waals surface area (Å²) >= 11 is 0. The van der Waals surface area contributed by atoms with E-state index in [0.29, 0.717) is 12.8 Å². The highest BCUT2D eigenvalue weighted by Gasteiger charge is 1.95. The number of rotatable bonds is 6. The molecule has 0 aliphatic carbocycles. The molecular weight excluding hydrogens is 164 g/mol. The molecule has 13 heavy (non-hydrogen) atoms. The molecular formula is C11H16O2. The predicted octanol–water partition coefficient (Wildman–Crippen LogP) is 2.45. The van der Waals surface area contributed by atoms with Crippen LogP contribution in [-0.4, -0.2) is 11.6 Å². The molecule has 2 nitrogen and oxygen atoms in total. The molecule has 0 aromatic heterocycles. The fourth-order valence-corrected chi connectivity index (χ4v) is 0.779. The van der Waals surface area contributed by atoms with Gasteiger partial charge in [0.25, 0.3) is 0 Å². The quantitative estimate of drug-likeness (QED) is 0.464. The van der Waals surface area contributed by atoms with E-state index in [1.54, 1.807) is 6.92 Å². The van der Waals surface area contributed by atoms with Crippen molar-refractivity contribution < 1.29 is 9.59 Å². The van der Waals surface area contributed by atoms with Crippen LogP contribution < -0.4 is 0 Å². The second-order valence-electron chi connectivity index (χ2n) is 2.73. The second kappa shape index (κ2) is 7.47. The molecule has 0 aromatic rings. The third kappa shape index (κ3) is 7.19. The SMILES string of the molecule is CC=CCCC(=O)C=CC(=O)CC. The summed E-state index contributed by atoms with van der Waals surface area (Å²) in [5, 5.41) is 0. The van der Waals surface area contributed by atoms with Gasteiger partial charge < -0.3 is 0 Å². The van der Waals surface area contributed by atoms with Crippen molar-refractivity contribution in [3.05, 3.63) is 24.3 Å². The Morgan fingerprint density at radius 1 is 1.15 bits per heavy atom. The van der Waals surface area contributed by atoms with Crippen LogP contribution in [0, 0.1) is 0 Å². The maximum atomic E-state index is 11.1. The van der Waals surface area contributed by atoms with Gasteiger partial charge in [-0.3, -0.25) is 9.59 Å². The number of carbonyl (C=O) groups excluding carboxylic acids is 2. The molecule has 0 rings (SSSR count). The summed E-state index contributed by atoms with van der Waals surface area (Å²) in [7, 11) is 0. The minimum atomic E-state index is -0.000571. The molecule has 0 heterocycles. The van der Waals surface area contributed by atoms with Crippen molar-refractivity contribution >= 4 is 11.6 Å². The first-order valence-electron chi connectivity index (χ1n) is 4.55. The number of allylic oxidation sites excluding steroid dienone is 4. The number of hydrogen-bond acceptors (Lipinski definition) is 2. The number of carbonyl (C=O) groups is 2. The van der Waals surface area contributed by atoms with Gasteiger partial charge in [0, 0.05) is 12.8 Å². The molecule has 0 aliphatic heterocycles. The third-order valence-electron chi connectivity index (χ3n) is 1.60. The molecule has 0 N–H and O–H groups in total. The van der Waals surface area contributed by atoms with Crippen LogP contribution in [0.4, 0.5) is 0 Å². The number of hydrogen-bond donors (Lipinski definition) is 0. The molecule has 0 saturated heterocycles. The topological polar surface area (TPSA) is 34.1 Å². The molecule has 72 valence electrons. The molecule has 2 heteroatoms. The first kappa shape index (κ1) is 11.8. The fourth-order valence-electron chi connectivity index (χ4n) is 0.779. The maximum absolute atomic E-state index is 11.1. The van der Waals surface area contributed by atoms with E-state index < -0.39 is 0 Å². The molecule has 0 saturated carbocycles. The highest BCUT2D eigenvalue weighted by molar-refractivity contribution is 5.98. The summed E-state index contributed by atoms with van der Waals surface area (Å²) in [5.74, 6) is 0.0132. The first-order valence-corrected chi connectivity index (χ1v) is 4.55. The summed E-state index contributed by atoms with van der Waals surface area (Å²) in [6.07, 6.45) is 8.27. The van der Waals surface area contributed by atoms with Crippen molar-refractivity contribution in [2.75, 3.05) is 0 Å². The smallest absolute Gasteiger partial charge is 0.156 e. The van der Waals surface area contributed by atoms with Crippen LogP contribution >= 0.6 is 0 Å². The Bertz CT molecular complexity index is 224. The Morgan fingerprint density at radius 2 is 1.77 bits per heavy atom. The van der Waals surface area contributed by atoms with E-state index in [9.17, 15) is 9.59 Å². The predicted molar refractivity (Wildman–Crippen MR) is 53.5 cm³/mol. The van der Waals surface area contributed by atoms with E-state index in [1.165, 1.54) is 12.2 Å². The molecule has 0 fully saturated rings. The van der Waals surface area contributed by atoms with Crippen LogP contribution in [0.5, 0.6) is 0 Å². The standard InChI is InChI=1S/C11H16O2/c1-3-5-6-7-11(13)9-8-10(12)4-2/h3,5,8-9H,4,6-7H2,1-2H3. The van der Waals surface area contributed by atoms with Crippen LogP contribution in [-0.2, 0) is 9.59 Å². The van der Waals surface area contributed by atoms with E-state index in [2.05, 4.69) is 0 Å². The normalized spacial score (nSPS) is 11.2. The molecule has 0 amide bonds. The van der Waals surface area contributed by atoms with E-state index in [4.69, 9.17) is 0 Å². The summed E-state index contributed by atoms with van der Waals surface area (Å²) in [6, 6.07) is 0. The van der Waals surface area contributed by atoms with Crippen LogP contribution in [0.2, 0.25) is 0 Å². The van der Waals surface area contributed by atoms with Crippen molar-refractivity contribution in [3.63, 3.8) is 0 Å². The fraction of sp³-hybridized carbons (Fsp3) is 0.455. The van der Waals surface area contributed by atoms with Crippen LogP contribution in [0.25, 0.3) is 0 Å². The Balaban J connectivity index is 3.73. The van der Waals surface area contributed by atoms with Crippen LogP contribution in [0.3, 0.4) is 0 Å². The van der Waals surface area contributed by atoms with Crippen LogP contribution in [0.15, 0.2) is 24.3 Å². The van der Waals surface area contributed by atoms with Gasteiger partial charge in [0.2, 0.25) is 0 Å². The van der Waals surface area contributed by atoms with Gasteiger partial charge in [0.1, 0.15) is 0 Å². The molecule has 0 unspecified atom stereocenters. The Kier molecular flexibility index (Phi) is 6.79. The Labute approximate surface area is 79.3 Å². The lowest BCUT2D eigenvalue weighted by molar-refractivity contribution is -0.116. The molecule has 0 radical (unpaired) electrons. The molecule has 0 bridgehead atoms. The minimum Gasteiger partial charge on any atom is -0.295 e. The van der Waals surface area contributed by atoms with E-state index in [-0.39, 0.29) is 11.6 Å². The lowest BCUT2D eigenvalue weighted by atomic mass is 10.2. The Hall–Kier alpha value is -1.18. The van der Waals surface area contributed by atoms with Gasteiger partial charge in [0.15, 0.2) is 11.6 Å². The molecule has 0 atom stereocenters. The minimum absolute atomic E-state index is 0.000571. The summed E-state index contributed by atoms with van der Waals surface area (Å²) in [4.78, 5) is 21.9. The Morgan fingerprint density at radius 3 is 2.31 bits per heavy atom. The monoisotopic (exact) mass is 180 g/mol. The summed E-state index contributed by atoms with van der Waals surface area (Å²) < 4.78 is 0. The summed E-state index contributed by atoms with van der Waals surface area (Å²) in [6.45, 7) is 3.69. The first-order chi connectivity index (χ1) is 6.20. The van der Waals surface area contributed by atoms with Crippen LogP contribution in [0.1, 0.15) is 33.1 Å². The van der Waals surface area contributed by atoms with Crippen molar-refractivity contribution in [1.29, 1.82) is 0 Å². The average Bonchev–Trinajstić information content (AvgIpc) is 2.14. The van der Waals surface area contributed by atoms with Gasteiger partial charge in [0.05, 0.1) is 0 Å². The van der Waals surface area contributed by atoms with Gasteiger partial charge in [-0.2, -0.15) is 0 Å². The zero-order valence-corrected chi connectivity index (χ0v) is 8.25. The largest absolute Gasteiger partial charge is 0.295 e. The molecule has 0 aliphatic rings. The maximum Gasteiger partial charge on any atom is 0.156 e. The van der Waals surface area contributed by atoms with Crippen molar-refractivity contribution in [3.8, 4) is 0 Å². The van der Waals surface area contributed by atoms with Gasteiger partial charge in [-0.1, -0.05) is 19.1 Å². The highest BCUT2D eigenvalue weighted by atomic mass is 16.1. The van der Waals surface area contributed by atoms with Gasteiger partial charge in [-0.15, -0.1) is 0 Å². The summed E-state index contributed by atoms with van der Waals surface area (Å²) in [5.41, 5.74) is 0.